The van der Waals surface area contributed by atoms with Crippen molar-refractivity contribution < 1.29 is 0 Å². The van der Waals surface area contributed by atoms with E-state index in [-0.39, 0.29) is 0 Å². The molecule has 0 bridgehead atoms. The van der Waals surface area contributed by atoms with Crippen molar-refractivity contribution in [1.29, 1.82) is 0 Å². The summed E-state index contributed by atoms with van der Waals surface area (Å²) in [5.41, 5.74) is 0. The standard InChI is InChI=1S/C20H56N12P4/c1-15-17-19-21-33(27(3)4)23-35(29(7)8,30(9)10)25-34(28(5)6,22-20-18-16-2)26-36(24-33,31(11)12)32(13)14/h21-22H,15-20H2,1-14H3/t33-,34-. The van der Waals surface area contributed by atoms with Gasteiger partial charge < -0.3 is 0 Å². The summed E-state index contributed by atoms with van der Waals surface area (Å²) in [7, 11) is 14.8. The second-order valence-corrected chi connectivity index (χ2v) is 22.9. The lowest BCUT2D eigenvalue weighted by Gasteiger charge is -2.45. The Hall–Kier alpha value is 0.600. The van der Waals surface area contributed by atoms with Gasteiger partial charge in [-0.2, -0.15) is 18.1 Å². The van der Waals surface area contributed by atoms with Crippen LogP contribution in [0.4, 0.5) is 0 Å². The molecule has 0 unspecified atom stereocenters. The largest absolute Gasteiger partial charge is 0.253 e. The monoisotopic (exact) mass is 588 g/mol. The molecule has 1 rings (SSSR count). The minimum absolute atomic E-state index is 0.847. The fourth-order valence-electron chi connectivity index (χ4n) is 3.64. The highest BCUT2D eigenvalue weighted by molar-refractivity contribution is 7.83. The lowest BCUT2D eigenvalue weighted by molar-refractivity contribution is 0.552. The van der Waals surface area contributed by atoms with Gasteiger partial charge in [0.1, 0.15) is 0 Å². The van der Waals surface area contributed by atoms with Crippen LogP contribution in [0, 0.1) is 0 Å². The molecule has 0 aromatic rings. The molecule has 0 fully saturated rings. The maximum Gasteiger partial charge on any atom is 0.220 e. The highest BCUT2D eigenvalue weighted by Gasteiger charge is 2.43. The number of hydrogen-bond donors (Lipinski definition) is 2. The Morgan fingerprint density at radius 3 is 0.917 bits per heavy atom. The van der Waals surface area contributed by atoms with E-state index < -0.39 is 30.0 Å². The summed E-state index contributed by atoms with van der Waals surface area (Å²) in [6, 6.07) is 0. The van der Waals surface area contributed by atoms with Crippen LogP contribution in [0.2, 0.25) is 0 Å². The van der Waals surface area contributed by atoms with E-state index in [9.17, 15) is 0 Å². The number of hydrogen-bond acceptors (Lipinski definition) is 12. The summed E-state index contributed by atoms with van der Waals surface area (Å²) >= 11 is 0. The van der Waals surface area contributed by atoms with Gasteiger partial charge in [-0.15, -0.1) is 0 Å². The Bertz CT molecular complexity index is 826. The van der Waals surface area contributed by atoms with Crippen molar-refractivity contribution in [2.45, 2.75) is 39.5 Å². The van der Waals surface area contributed by atoms with Crippen molar-refractivity contribution in [2.24, 2.45) is 18.1 Å². The van der Waals surface area contributed by atoms with E-state index in [2.05, 4.69) is 137 Å². The van der Waals surface area contributed by atoms with Gasteiger partial charge in [0.05, 0.1) is 0 Å². The minimum atomic E-state index is -2.59. The Morgan fingerprint density at radius 2 is 0.722 bits per heavy atom. The maximum atomic E-state index is 5.77. The Kier molecular flexibility index (Phi) is 13.8. The molecule has 2 N–H and O–H groups in total. The van der Waals surface area contributed by atoms with Crippen LogP contribution in [0.5, 0.6) is 0 Å². The number of unbranched alkanes of at least 4 members (excludes halogenated alkanes) is 2. The second kappa shape index (κ2) is 14.3. The lowest BCUT2D eigenvalue weighted by atomic mass is 10.3. The molecule has 0 aromatic heterocycles. The molecule has 0 aliphatic carbocycles. The highest BCUT2D eigenvalue weighted by Crippen LogP contribution is 2.79. The van der Waals surface area contributed by atoms with Crippen molar-refractivity contribution in [1.82, 2.24) is 38.2 Å². The summed E-state index contributed by atoms with van der Waals surface area (Å²) in [4.78, 5) is 0. The van der Waals surface area contributed by atoms with E-state index in [1.54, 1.807) is 0 Å². The molecular weight excluding hydrogens is 532 g/mol. The van der Waals surface area contributed by atoms with Crippen molar-refractivity contribution in [3.8, 4) is 0 Å². The van der Waals surface area contributed by atoms with Crippen LogP contribution in [-0.4, -0.2) is 126 Å². The Morgan fingerprint density at radius 1 is 0.444 bits per heavy atom. The Labute approximate surface area is 223 Å². The summed E-state index contributed by atoms with van der Waals surface area (Å²) < 4.78 is 36.3. The van der Waals surface area contributed by atoms with Gasteiger partial charge in [0, 0.05) is 13.1 Å². The number of nitrogens with zero attached hydrogens (tertiary/aromatic N) is 10. The third kappa shape index (κ3) is 7.41. The quantitative estimate of drug-likeness (QED) is 0.191. The summed E-state index contributed by atoms with van der Waals surface area (Å²) in [5.74, 6) is 0. The second-order valence-electron chi connectivity index (χ2n) is 10.2. The van der Waals surface area contributed by atoms with Crippen molar-refractivity contribution in [3.63, 3.8) is 0 Å². The van der Waals surface area contributed by atoms with Gasteiger partial charge in [0.15, 0.2) is 0 Å². The molecule has 1 aliphatic rings. The third-order valence-corrected chi connectivity index (χ3v) is 21.6. The average molecular weight is 589 g/mol. The van der Waals surface area contributed by atoms with Crippen LogP contribution in [0.1, 0.15) is 39.5 Å². The molecule has 216 valence electrons. The lowest BCUT2D eigenvalue weighted by Crippen LogP contribution is -2.30. The van der Waals surface area contributed by atoms with Gasteiger partial charge in [0.25, 0.3) is 0 Å². The van der Waals surface area contributed by atoms with Gasteiger partial charge in [-0.1, -0.05) is 26.7 Å². The molecule has 2 atom stereocenters. The van der Waals surface area contributed by atoms with E-state index in [1.807, 2.05) is 0 Å². The third-order valence-electron chi connectivity index (χ3n) is 5.95. The van der Waals surface area contributed by atoms with Crippen LogP contribution in [0.25, 0.3) is 0 Å². The van der Waals surface area contributed by atoms with Crippen molar-refractivity contribution in [2.75, 3.05) is 97.7 Å². The predicted octanol–water partition coefficient (Wildman–Crippen LogP) is 5.93. The van der Waals surface area contributed by atoms with E-state index in [4.69, 9.17) is 18.1 Å². The predicted molar refractivity (Wildman–Crippen MR) is 165 cm³/mol. The molecule has 12 nitrogen and oxygen atoms in total. The van der Waals surface area contributed by atoms with Crippen molar-refractivity contribution >= 4 is 30.0 Å². The smallest absolute Gasteiger partial charge is 0.220 e. The van der Waals surface area contributed by atoms with E-state index >= 15 is 0 Å². The van der Waals surface area contributed by atoms with Gasteiger partial charge >= 0.3 is 0 Å². The van der Waals surface area contributed by atoms with Crippen LogP contribution >= 0.6 is 30.0 Å². The molecule has 16 heteroatoms. The molecule has 0 saturated heterocycles. The van der Waals surface area contributed by atoms with E-state index in [1.165, 1.54) is 0 Å². The maximum absolute atomic E-state index is 5.77. The summed E-state index contributed by atoms with van der Waals surface area (Å²) in [6.45, 7) is 6.12. The molecule has 0 aromatic carbocycles. The van der Waals surface area contributed by atoms with Gasteiger partial charge in [-0.05, 0) is 97.4 Å². The normalized spacial score (nSPS) is 26.1. The van der Waals surface area contributed by atoms with Crippen molar-refractivity contribution in [3.05, 3.63) is 0 Å². The molecule has 36 heavy (non-hydrogen) atoms. The first-order valence-electron chi connectivity index (χ1n) is 12.7. The van der Waals surface area contributed by atoms with Gasteiger partial charge in [-0.25, -0.2) is 28.0 Å². The fraction of sp³-hybridized carbons (Fsp3) is 1.00. The molecule has 1 heterocycles. The zero-order valence-corrected chi connectivity index (χ0v) is 29.1. The summed E-state index contributed by atoms with van der Waals surface area (Å²) in [6.07, 6.45) is 4.34. The molecule has 0 spiro atoms. The Balaban J connectivity index is 4.49. The molecule has 0 radical (unpaired) electrons. The van der Waals surface area contributed by atoms with Crippen LogP contribution in [0.15, 0.2) is 18.1 Å². The first-order chi connectivity index (χ1) is 16.6. The minimum Gasteiger partial charge on any atom is -0.253 e. The molecule has 1 aliphatic heterocycles. The molecule has 0 amide bonds. The van der Waals surface area contributed by atoms with Crippen LogP contribution in [0.3, 0.4) is 0 Å². The SMILES string of the molecule is CCCCN[P@@]1(N(C)C)=NP(N(C)C)(N(C)C)=N[P@@](NCCCC)(N(C)C)=NP(N(C)C)(N(C)C)=N1. The van der Waals surface area contributed by atoms with Gasteiger partial charge in [-0.3, -0.25) is 10.2 Å². The van der Waals surface area contributed by atoms with E-state index in [0.717, 1.165) is 38.8 Å². The zero-order chi connectivity index (χ0) is 27.9. The highest BCUT2D eigenvalue weighted by atomic mass is 31.3. The van der Waals surface area contributed by atoms with Gasteiger partial charge in [0.2, 0.25) is 30.0 Å². The molecular formula is C20H56N12P4. The van der Waals surface area contributed by atoms with E-state index in [0.29, 0.717) is 0 Å². The van der Waals surface area contributed by atoms with Crippen LogP contribution < -0.4 is 10.2 Å². The van der Waals surface area contributed by atoms with Crippen LogP contribution in [-0.2, 0) is 0 Å². The number of rotatable bonds is 14. The zero-order valence-electron chi connectivity index (χ0n) is 25.5. The first kappa shape index (κ1) is 34.6. The fourth-order valence-corrected chi connectivity index (χ4v) is 22.5. The number of nitrogens with one attached hydrogen (secondary N) is 2. The summed E-state index contributed by atoms with van der Waals surface area (Å²) in [5, 5.41) is 7.70. The average Bonchev–Trinajstić information content (AvgIpc) is 2.75. The topological polar surface area (TPSA) is 92.9 Å². The first-order valence-corrected chi connectivity index (χ1v) is 19.2. The molecule has 0 saturated carbocycles.